The molecule has 0 aromatic heterocycles. The van der Waals surface area contributed by atoms with Crippen molar-refractivity contribution in [1.82, 2.24) is 0 Å². The van der Waals surface area contributed by atoms with Crippen molar-refractivity contribution in [2.75, 3.05) is 4.90 Å². The second kappa shape index (κ2) is 15.9. The van der Waals surface area contributed by atoms with Gasteiger partial charge in [-0.2, -0.15) is 0 Å². The van der Waals surface area contributed by atoms with Crippen molar-refractivity contribution in [1.29, 1.82) is 0 Å². The molecule has 0 unspecified atom stereocenters. The number of rotatable bonds is 7. The molecule has 1 nitrogen and oxygen atoms in total. The quantitative estimate of drug-likeness (QED) is 0.145. The number of para-hydroxylation sites is 1. The molecule has 0 aliphatic rings. The highest BCUT2D eigenvalue weighted by Crippen LogP contribution is 2.47. The third-order valence-electron chi connectivity index (χ3n) is 12.8. The van der Waals surface area contributed by atoms with E-state index in [1.807, 2.05) is 0 Å². The maximum Gasteiger partial charge on any atom is 0.0540 e. The fourth-order valence-electron chi connectivity index (χ4n) is 9.32. The molecule has 0 spiro atoms. The van der Waals surface area contributed by atoms with Gasteiger partial charge in [0.15, 0.2) is 0 Å². The molecule has 10 aromatic rings. The highest BCUT2D eigenvalue weighted by atomic mass is 15.1. The molecule has 0 amide bonds. The van der Waals surface area contributed by atoms with E-state index in [0.717, 1.165) is 17.1 Å². The van der Waals surface area contributed by atoms with Crippen LogP contribution in [0.5, 0.6) is 0 Å². The van der Waals surface area contributed by atoms with Crippen LogP contribution in [0.15, 0.2) is 212 Å². The summed E-state index contributed by atoms with van der Waals surface area (Å²) in [5, 5.41) is 7.53. The smallest absolute Gasteiger partial charge is 0.0540 e. The summed E-state index contributed by atoms with van der Waals surface area (Å²) in [6, 6.07) is 78.6. The van der Waals surface area contributed by atoms with Crippen LogP contribution in [-0.2, 0) is 10.8 Å². The van der Waals surface area contributed by atoms with Gasteiger partial charge < -0.3 is 4.90 Å². The zero-order valence-electron chi connectivity index (χ0n) is 37.2. The van der Waals surface area contributed by atoms with Gasteiger partial charge in [0, 0.05) is 16.9 Å². The maximum absolute atomic E-state index is 2.45. The molecule has 10 aromatic carbocycles. The van der Waals surface area contributed by atoms with E-state index in [1.54, 1.807) is 0 Å². The molecule has 0 aliphatic heterocycles. The van der Waals surface area contributed by atoms with Crippen molar-refractivity contribution in [2.45, 2.75) is 52.4 Å². The first-order chi connectivity index (χ1) is 30.5. The lowest BCUT2D eigenvalue weighted by Gasteiger charge is -2.29. The summed E-state index contributed by atoms with van der Waals surface area (Å²) in [4.78, 5) is 2.45. The Morgan fingerprint density at radius 1 is 0.302 bits per heavy atom. The van der Waals surface area contributed by atoms with Crippen LogP contribution in [0, 0.1) is 0 Å². The van der Waals surface area contributed by atoms with Crippen molar-refractivity contribution in [3.05, 3.63) is 223 Å². The topological polar surface area (TPSA) is 3.24 Å². The Kier molecular flexibility index (Phi) is 10.1. The van der Waals surface area contributed by atoms with E-state index >= 15 is 0 Å². The van der Waals surface area contributed by atoms with Crippen LogP contribution in [0.3, 0.4) is 0 Å². The number of hydrogen-bond acceptors (Lipinski definition) is 1. The molecule has 10 rings (SSSR count). The molecular weight excluding hydrogens is 759 g/mol. The Bertz CT molecular complexity index is 3250. The van der Waals surface area contributed by atoms with Crippen molar-refractivity contribution < 1.29 is 0 Å². The summed E-state index contributed by atoms with van der Waals surface area (Å²) in [6.45, 7) is 13.9. The van der Waals surface area contributed by atoms with Gasteiger partial charge in [0.25, 0.3) is 0 Å². The molecule has 0 bridgehead atoms. The molecule has 1 heteroatoms. The second-order valence-corrected chi connectivity index (χ2v) is 19.0. The largest absolute Gasteiger partial charge is 0.310 e. The van der Waals surface area contributed by atoms with E-state index in [4.69, 9.17) is 0 Å². The van der Waals surface area contributed by atoms with Crippen LogP contribution in [-0.4, -0.2) is 0 Å². The Morgan fingerprint density at radius 2 is 0.857 bits per heavy atom. The van der Waals surface area contributed by atoms with Crippen LogP contribution in [0.1, 0.15) is 52.7 Å². The minimum Gasteiger partial charge on any atom is -0.310 e. The van der Waals surface area contributed by atoms with Crippen molar-refractivity contribution in [3.8, 4) is 44.5 Å². The first-order valence-electron chi connectivity index (χ1n) is 22.3. The lowest BCUT2D eigenvalue weighted by molar-refractivity contribution is 0.569. The second-order valence-electron chi connectivity index (χ2n) is 19.0. The molecule has 0 saturated carbocycles. The number of benzene rings is 10. The van der Waals surface area contributed by atoms with Gasteiger partial charge in [-0.3, -0.25) is 0 Å². The minimum absolute atomic E-state index is 0.000940. The van der Waals surface area contributed by atoms with Crippen molar-refractivity contribution >= 4 is 49.4 Å². The van der Waals surface area contributed by atoms with E-state index in [9.17, 15) is 0 Å². The molecule has 0 N–H and O–H groups in total. The predicted molar refractivity (Wildman–Crippen MR) is 273 cm³/mol. The number of anilines is 3. The van der Waals surface area contributed by atoms with Gasteiger partial charge in [0.2, 0.25) is 0 Å². The molecule has 0 aliphatic carbocycles. The SMILES string of the molecule is CC(C)(C)c1cc(-c2cccc3cccc(-c4ccccc4N(c4ccc(-c5ccccc5)cc4)c4cccc(-c5cccc6c5ccc5ccccc56)c4)c23)cc(C(C)(C)C)c1. The molecule has 0 saturated heterocycles. The van der Waals surface area contributed by atoms with Crippen LogP contribution in [0.4, 0.5) is 17.1 Å². The third-order valence-corrected chi connectivity index (χ3v) is 12.8. The van der Waals surface area contributed by atoms with Gasteiger partial charge in [-0.1, -0.05) is 224 Å². The van der Waals surface area contributed by atoms with Crippen LogP contribution >= 0.6 is 0 Å². The summed E-state index contributed by atoms with van der Waals surface area (Å²) in [7, 11) is 0. The van der Waals surface area contributed by atoms with Crippen LogP contribution < -0.4 is 4.90 Å². The summed E-state index contributed by atoms with van der Waals surface area (Å²) < 4.78 is 0. The van der Waals surface area contributed by atoms with E-state index in [1.165, 1.54) is 88.0 Å². The first-order valence-corrected chi connectivity index (χ1v) is 22.3. The Hall–Kier alpha value is -7.22. The van der Waals surface area contributed by atoms with E-state index in [-0.39, 0.29) is 10.8 Å². The average Bonchev–Trinajstić information content (AvgIpc) is 3.31. The van der Waals surface area contributed by atoms with Crippen molar-refractivity contribution in [3.63, 3.8) is 0 Å². The van der Waals surface area contributed by atoms with Gasteiger partial charge in [-0.25, -0.2) is 0 Å². The first kappa shape index (κ1) is 39.9. The summed E-state index contributed by atoms with van der Waals surface area (Å²) in [6.07, 6.45) is 0. The highest BCUT2D eigenvalue weighted by molar-refractivity contribution is 6.12. The van der Waals surface area contributed by atoms with Crippen LogP contribution in [0.25, 0.3) is 76.8 Å². The average molecular weight is 812 g/mol. The van der Waals surface area contributed by atoms with E-state index in [0.29, 0.717) is 0 Å². The number of nitrogens with zero attached hydrogens (tertiary/aromatic N) is 1. The van der Waals surface area contributed by atoms with E-state index in [2.05, 4.69) is 259 Å². The molecule has 63 heavy (non-hydrogen) atoms. The molecule has 306 valence electrons. The van der Waals surface area contributed by atoms with Crippen molar-refractivity contribution in [2.24, 2.45) is 0 Å². The summed E-state index contributed by atoms with van der Waals surface area (Å²) in [5.41, 5.74) is 15.7. The molecule has 0 atom stereocenters. The van der Waals surface area contributed by atoms with E-state index < -0.39 is 0 Å². The Labute approximate surface area is 372 Å². The normalized spacial score (nSPS) is 12.0. The highest BCUT2D eigenvalue weighted by Gasteiger charge is 2.24. The lowest BCUT2D eigenvalue weighted by Crippen LogP contribution is -2.16. The number of fused-ring (bicyclic) bond motifs is 4. The van der Waals surface area contributed by atoms with Gasteiger partial charge in [-0.15, -0.1) is 0 Å². The molecule has 0 radical (unpaired) electrons. The Morgan fingerprint density at radius 3 is 1.60 bits per heavy atom. The predicted octanol–water partition coefficient (Wildman–Crippen LogP) is 17.9. The maximum atomic E-state index is 2.45. The van der Waals surface area contributed by atoms with Gasteiger partial charge in [0.05, 0.1) is 5.69 Å². The summed E-state index contributed by atoms with van der Waals surface area (Å²) >= 11 is 0. The van der Waals surface area contributed by atoms with Gasteiger partial charge in [0.1, 0.15) is 0 Å². The Balaban J connectivity index is 1.19. The standard InChI is InChI=1S/C62H53N/c1-61(2,3)48-38-47(39-49(41-48)62(4,5)6)54-28-15-21-45-22-16-30-58(60(45)54)57-26-12-13-31-59(57)63(50-35-32-43(33-36-50)42-18-8-7-9-19-42)51-24-14-23-46(40-51)53-27-17-29-55-52-25-11-10-20-44(52)34-37-56(53)55/h7-41H,1-6H3. The molecular formula is C62H53N. The summed E-state index contributed by atoms with van der Waals surface area (Å²) in [5.74, 6) is 0. The third kappa shape index (κ3) is 7.59. The zero-order valence-corrected chi connectivity index (χ0v) is 37.2. The fraction of sp³-hybridized carbons (Fsp3) is 0.129. The van der Waals surface area contributed by atoms with Crippen LogP contribution in [0.2, 0.25) is 0 Å². The molecule has 0 fully saturated rings. The van der Waals surface area contributed by atoms with Gasteiger partial charge in [-0.05, 0) is 124 Å². The molecule has 0 heterocycles. The zero-order chi connectivity index (χ0) is 43.3. The fourth-order valence-corrected chi connectivity index (χ4v) is 9.32. The van der Waals surface area contributed by atoms with Gasteiger partial charge >= 0.3 is 0 Å². The minimum atomic E-state index is 0.000940. The monoisotopic (exact) mass is 811 g/mol. The lowest BCUT2D eigenvalue weighted by atomic mass is 9.78. The number of hydrogen-bond donors (Lipinski definition) is 0.